The highest BCUT2D eigenvalue weighted by Gasteiger charge is 2.19. The van der Waals surface area contributed by atoms with E-state index in [1.807, 2.05) is 30.3 Å². The van der Waals surface area contributed by atoms with Crippen LogP contribution in [0.5, 0.6) is 0 Å². The molecule has 0 aliphatic heterocycles. The lowest BCUT2D eigenvalue weighted by Crippen LogP contribution is -2.30. The normalized spacial score (nSPS) is 12.0. The van der Waals surface area contributed by atoms with Gasteiger partial charge in [0.25, 0.3) is 5.56 Å². The van der Waals surface area contributed by atoms with E-state index in [2.05, 4.69) is 41.6 Å². The molecule has 2 aromatic carbocycles. The van der Waals surface area contributed by atoms with Crippen LogP contribution >= 0.6 is 0 Å². The Balaban J connectivity index is 1.66. The minimum Gasteiger partial charge on any atom is -0.355 e. The fourth-order valence-corrected chi connectivity index (χ4v) is 4.12. The molecule has 2 N–H and O–H groups in total. The minimum absolute atomic E-state index is 0.166. The maximum absolute atomic E-state index is 13.6. The molecule has 0 bridgehead atoms. The van der Waals surface area contributed by atoms with Gasteiger partial charge in [-0.15, -0.1) is 0 Å². The summed E-state index contributed by atoms with van der Waals surface area (Å²) in [5.74, 6) is 0.120. The number of pyridine rings is 1. The predicted octanol–water partition coefficient (Wildman–Crippen LogP) is 5.19. The van der Waals surface area contributed by atoms with Gasteiger partial charge >= 0.3 is 0 Å². The Kier molecular flexibility index (Phi) is 7.67. The van der Waals surface area contributed by atoms with E-state index in [1.54, 1.807) is 31.6 Å². The summed E-state index contributed by atoms with van der Waals surface area (Å²) in [5.41, 5.74) is 3.35. The third kappa shape index (κ3) is 5.81. The third-order valence-electron chi connectivity index (χ3n) is 5.83. The molecule has 2 heterocycles. The van der Waals surface area contributed by atoms with Gasteiger partial charge in [-0.2, -0.15) is 0 Å². The second-order valence-electron chi connectivity index (χ2n) is 8.77. The molecular formula is C28H30FN5O. The summed E-state index contributed by atoms with van der Waals surface area (Å²) >= 11 is 0. The molecule has 2 aromatic heterocycles. The molecule has 0 aliphatic carbocycles. The van der Waals surface area contributed by atoms with Crippen LogP contribution in [0.4, 0.5) is 10.3 Å². The van der Waals surface area contributed by atoms with E-state index in [4.69, 9.17) is 4.98 Å². The Hall–Kier alpha value is -3.84. The molecule has 0 aliphatic rings. The number of hydrogen-bond acceptors (Lipinski definition) is 5. The quantitative estimate of drug-likeness (QED) is 0.352. The molecule has 0 fully saturated rings. The molecule has 4 rings (SSSR count). The molecule has 0 amide bonds. The average Bonchev–Trinajstić information content (AvgIpc) is 2.87. The van der Waals surface area contributed by atoms with Crippen LogP contribution in [0.25, 0.3) is 22.4 Å². The first-order valence-corrected chi connectivity index (χ1v) is 11.8. The van der Waals surface area contributed by atoms with Gasteiger partial charge < -0.3 is 10.6 Å². The Bertz CT molecular complexity index is 1310. The van der Waals surface area contributed by atoms with Gasteiger partial charge in [0, 0.05) is 43.6 Å². The van der Waals surface area contributed by atoms with E-state index in [0.717, 1.165) is 12.0 Å². The summed E-state index contributed by atoms with van der Waals surface area (Å²) < 4.78 is 15.1. The molecule has 0 spiro atoms. The second kappa shape index (κ2) is 11.1. The standard InChI is InChI=1S/C28H30FN5O/c1-19(2)32-24(20-7-5-4-6-8-20)15-18-31-28-33-26(22-13-16-30-17-14-22)25(27(35)34(28)3)21-9-11-23(29)12-10-21/h4-14,16-17,19,24,32H,15,18H2,1-3H3,(H,31,33)/t24-/m0/s1. The summed E-state index contributed by atoms with van der Waals surface area (Å²) in [4.78, 5) is 22.4. The van der Waals surface area contributed by atoms with E-state index in [0.29, 0.717) is 35.4 Å². The van der Waals surface area contributed by atoms with Crippen molar-refractivity contribution in [3.8, 4) is 22.4 Å². The molecule has 6 nitrogen and oxygen atoms in total. The number of benzene rings is 2. The lowest BCUT2D eigenvalue weighted by atomic mass is 10.0. The van der Waals surface area contributed by atoms with Crippen molar-refractivity contribution in [2.45, 2.75) is 32.4 Å². The fourth-order valence-electron chi connectivity index (χ4n) is 4.12. The van der Waals surface area contributed by atoms with Crippen molar-refractivity contribution in [3.63, 3.8) is 0 Å². The zero-order valence-corrected chi connectivity index (χ0v) is 20.2. The van der Waals surface area contributed by atoms with Crippen molar-refractivity contribution in [3.05, 3.63) is 101 Å². The van der Waals surface area contributed by atoms with Crippen LogP contribution in [0.2, 0.25) is 0 Å². The number of aromatic nitrogens is 3. The van der Waals surface area contributed by atoms with E-state index in [1.165, 1.54) is 22.3 Å². The molecular weight excluding hydrogens is 441 g/mol. The highest BCUT2D eigenvalue weighted by Crippen LogP contribution is 2.29. The number of rotatable bonds is 9. The van der Waals surface area contributed by atoms with Gasteiger partial charge in [0.2, 0.25) is 5.95 Å². The topological polar surface area (TPSA) is 71.8 Å². The molecule has 1 atom stereocenters. The summed E-state index contributed by atoms with van der Waals surface area (Å²) in [7, 11) is 1.70. The first-order chi connectivity index (χ1) is 16.9. The molecule has 35 heavy (non-hydrogen) atoms. The van der Waals surface area contributed by atoms with Crippen molar-refractivity contribution in [2.75, 3.05) is 11.9 Å². The largest absolute Gasteiger partial charge is 0.355 e. The average molecular weight is 472 g/mol. The SMILES string of the molecule is CC(C)N[C@@H](CCNc1nc(-c2ccncc2)c(-c2ccc(F)cc2)c(=O)n1C)c1ccccc1. The van der Waals surface area contributed by atoms with E-state index in [9.17, 15) is 9.18 Å². The first kappa shape index (κ1) is 24.3. The van der Waals surface area contributed by atoms with Crippen molar-refractivity contribution < 1.29 is 4.39 Å². The van der Waals surface area contributed by atoms with Crippen LogP contribution in [-0.2, 0) is 7.05 Å². The van der Waals surface area contributed by atoms with Crippen LogP contribution in [0, 0.1) is 5.82 Å². The Morgan fingerprint density at radius 2 is 1.63 bits per heavy atom. The second-order valence-corrected chi connectivity index (χ2v) is 8.77. The van der Waals surface area contributed by atoms with Crippen molar-refractivity contribution in [1.29, 1.82) is 0 Å². The maximum Gasteiger partial charge on any atom is 0.263 e. The monoisotopic (exact) mass is 471 g/mol. The summed E-state index contributed by atoms with van der Waals surface area (Å²) in [5, 5.41) is 6.98. The summed E-state index contributed by atoms with van der Waals surface area (Å²) in [6.07, 6.45) is 4.14. The van der Waals surface area contributed by atoms with E-state index >= 15 is 0 Å². The predicted molar refractivity (Wildman–Crippen MR) is 139 cm³/mol. The van der Waals surface area contributed by atoms with Crippen LogP contribution < -0.4 is 16.2 Å². The van der Waals surface area contributed by atoms with Crippen LogP contribution in [0.15, 0.2) is 83.9 Å². The Morgan fingerprint density at radius 3 is 2.29 bits per heavy atom. The van der Waals surface area contributed by atoms with Gasteiger partial charge in [-0.3, -0.25) is 14.3 Å². The zero-order chi connectivity index (χ0) is 24.8. The highest BCUT2D eigenvalue weighted by atomic mass is 19.1. The first-order valence-electron chi connectivity index (χ1n) is 11.8. The maximum atomic E-state index is 13.6. The summed E-state index contributed by atoms with van der Waals surface area (Å²) in [6, 6.07) is 20.4. The number of nitrogens with zero attached hydrogens (tertiary/aromatic N) is 3. The Labute approximate surface area is 204 Å². The number of nitrogens with one attached hydrogen (secondary N) is 2. The van der Waals surface area contributed by atoms with Crippen molar-refractivity contribution in [2.24, 2.45) is 7.05 Å². The van der Waals surface area contributed by atoms with Crippen molar-refractivity contribution >= 4 is 5.95 Å². The fraction of sp³-hybridized carbons (Fsp3) is 0.250. The number of hydrogen-bond donors (Lipinski definition) is 2. The molecule has 0 saturated carbocycles. The number of anilines is 1. The highest BCUT2D eigenvalue weighted by molar-refractivity contribution is 5.80. The van der Waals surface area contributed by atoms with Crippen LogP contribution in [0.1, 0.15) is 31.9 Å². The molecule has 7 heteroatoms. The Morgan fingerprint density at radius 1 is 0.943 bits per heavy atom. The smallest absolute Gasteiger partial charge is 0.263 e. The van der Waals surface area contributed by atoms with Gasteiger partial charge in [-0.25, -0.2) is 9.37 Å². The molecule has 0 unspecified atom stereocenters. The van der Waals surface area contributed by atoms with Crippen LogP contribution in [-0.4, -0.2) is 27.1 Å². The third-order valence-corrected chi connectivity index (χ3v) is 5.83. The van der Waals surface area contributed by atoms with E-state index < -0.39 is 0 Å². The number of halogens is 1. The molecule has 180 valence electrons. The van der Waals surface area contributed by atoms with Gasteiger partial charge in [-0.1, -0.05) is 56.3 Å². The minimum atomic E-state index is -0.356. The van der Waals surface area contributed by atoms with Crippen LogP contribution in [0.3, 0.4) is 0 Å². The lowest BCUT2D eigenvalue weighted by Gasteiger charge is -2.22. The van der Waals surface area contributed by atoms with Gasteiger partial charge in [-0.05, 0) is 41.8 Å². The molecule has 4 aromatic rings. The van der Waals surface area contributed by atoms with E-state index in [-0.39, 0.29) is 17.4 Å². The molecule has 0 saturated heterocycles. The lowest BCUT2D eigenvalue weighted by molar-refractivity contribution is 0.460. The summed E-state index contributed by atoms with van der Waals surface area (Å²) in [6.45, 7) is 4.87. The molecule has 0 radical (unpaired) electrons. The zero-order valence-electron chi connectivity index (χ0n) is 20.2. The van der Waals surface area contributed by atoms with Gasteiger partial charge in [0.05, 0.1) is 11.3 Å². The van der Waals surface area contributed by atoms with Gasteiger partial charge in [0.15, 0.2) is 0 Å². The van der Waals surface area contributed by atoms with Gasteiger partial charge in [0.1, 0.15) is 5.82 Å². The van der Waals surface area contributed by atoms with Crippen molar-refractivity contribution in [1.82, 2.24) is 19.9 Å².